The Kier molecular flexibility index (Phi) is 3.21. The second kappa shape index (κ2) is 5.36. The van der Waals surface area contributed by atoms with Crippen LogP contribution in [0.3, 0.4) is 0 Å². The van der Waals surface area contributed by atoms with E-state index in [1.807, 2.05) is 60.7 Å². The van der Waals surface area contributed by atoms with E-state index in [9.17, 15) is 0 Å². The van der Waals surface area contributed by atoms with Crippen LogP contribution in [0.25, 0.3) is 33.4 Å². The standard InChI is InChI=1S/C20H13ClO/c21-16-12-10-14(11-13-16)19-17-8-4-5-9-18(17)22-20(19)15-6-2-1-3-7-15/h1-13H. The van der Waals surface area contributed by atoms with Crippen molar-refractivity contribution in [3.8, 4) is 22.5 Å². The number of rotatable bonds is 2. The van der Waals surface area contributed by atoms with Crippen LogP contribution in [0.4, 0.5) is 0 Å². The summed E-state index contributed by atoms with van der Waals surface area (Å²) in [5.41, 5.74) is 4.18. The first kappa shape index (κ1) is 13.2. The van der Waals surface area contributed by atoms with Gasteiger partial charge in [0, 0.05) is 21.5 Å². The van der Waals surface area contributed by atoms with Gasteiger partial charge < -0.3 is 4.42 Å². The Hall–Kier alpha value is -2.51. The largest absolute Gasteiger partial charge is 0.455 e. The summed E-state index contributed by atoms with van der Waals surface area (Å²) in [6.45, 7) is 0. The average Bonchev–Trinajstić information content (AvgIpc) is 2.96. The van der Waals surface area contributed by atoms with Crippen LogP contribution in [0.15, 0.2) is 83.3 Å². The molecule has 0 N–H and O–H groups in total. The maximum Gasteiger partial charge on any atom is 0.143 e. The molecule has 0 saturated carbocycles. The summed E-state index contributed by atoms with van der Waals surface area (Å²) in [6.07, 6.45) is 0. The van der Waals surface area contributed by atoms with E-state index in [0.29, 0.717) is 0 Å². The summed E-state index contributed by atoms with van der Waals surface area (Å²) >= 11 is 6.02. The lowest BCUT2D eigenvalue weighted by atomic mass is 9.99. The van der Waals surface area contributed by atoms with Crippen LogP contribution in [0, 0.1) is 0 Å². The summed E-state index contributed by atoms with van der Waals surface area (Å²) in [4.78, 5) is 0. The fraction of sp³-hybridized carbons (Fsp3) is 0. The van der Waals surface area contributed by atoms with Crippen LogP contribution in [0.2, 0.25) is 5.02 Å². The predicted molar refractivity (Wildman–Crippen MR) is 92.1 cm³/mol. The fourth-order valence-corrected chi connectivity index (χ4v) is 2.87. The molecular weight excluding hydrogens is 292 g/mol. The fourth-order valence-electron chi connectivity index (χ4n) is 2.74. The Balaban J connectivity index is 2.04. The van der Waals surface area contributed by atoms with E-state index >= 15 is 0 Å². The molecule has 0 bridgehead atoms. The molecule has 0 atom stereocenters. The third-order valence-electron chi connectivity index (χ3n) is 3.76. The molecule has 1 aromatic heterocycles. The zero-order valence-corrected chi connectivity index (χ0v) is 12.5. The molecule has 0 unspecified atom stereocenters. The van der Waals surface area contributed by atoms with Gasteiger partial charge in [0.1, 0.15) is 11.3 Å². The monoisotopic (exact) mass is 304 g/mol. The molecule has 4 aromatic rings. The Bertz CT molecular complexity index is 921. The third-order valence-corrected chi connectivity index (χ3v) is 4.02. The van der Waals surface area contributed by atoms with Crippen molar-refractivity contribution in [2.75, 3.05) is 0 Å². The van der Waals surface area contributed by atoms with Gasteiger partial charge in [0.15, 0.2) is 0 Å². The predicted octanol–water partition coefficient (Wildman–Crippen LogP) is 6.42. The Labute approximate surface area is 133 Å². The number of benzene rings is 3. The minimum atomic E-state index is 0.734. The molecule has 22 heavy (non-hydrogen) atoms. The lowest BCUT2D eigenvalue weighted by Crippen LogP contribution is -1.80. The van der Waals surface area contributed by atoms with Crippen molar-refractivity contribution >= 4 is 22.6 Å². The molecule has 0 aliphatic carbocycles. The van der Waals surface area contributed by atoms with E-state index in [2.05, 4.69) is 18.2 Å². The lowest BCUT2D eigenvalue weighted by Gasteiger charge is -2.04. The number of hydrogen-bond donors (Lipinski definition) is 0. The van der Waals surface area contributed by atoms with Crippen molar-refractivity contribution in [3.05, 3.63) is 83.9 Å². The van der Waals surface area contributed by atoms with Gasteiger partial charge in [0.2, 0.25) is 0 Å². The van der Waals surface area contributed by atoms with E-state index in [-0.39, 0.29) is 0 Å². The van der Waals surface area contributed by atoms with Gasteiger partial charge in [-0.2, -0.15) is 0 Å². The van der Waals surface area contributed by atoms with Crippen LogP contribution in [0.1, 0.15) is 0 Å². The van der Waals surface area contributed by atoms with E-state index in [0.717, 1.165) is 38.4 Å². The first-order valence-electron chi connectivity index (χ1n) is 7.16. The van der Waals surface area contributed by atoms with E-state index in [1.165, 1.54) is 0 Å². The molecule has 0 aliphatic rings. The minimum absolute atomic E-state index is 0.734. The van der Waals surface area contributed by atoms with Crippen LogP contribution >= 0.6 is 11.6 Å². The number of halogens is 1. The van der Waals surface area contributed by atoms with Crippen molar-refractivity contribution in [2.45, 2.75) is 0 Å². The SMILES string of the molecule is Clc1ccc(-c2c(-c3ccccc3)oc3ccccc23)cc1. The summed E-state index contributed by atoms with van der Waals surface area (Å²) in [7, 11) is 0. The summed E-state index contributed by atoms with van der Waals surface area (Å²) in [5, 5.41) is 1.85. The van der Waals surface area contributed by atoms with Gasteiger partial charge in [-0.15, -0.1) is 0 Å². The van der Waals surface area contributed by atoms with Gasteiger partial charge in [0.05, 0.1) is 0 Å². The molecule has 0 saturated heterocycles. The van der Waals surface area contributed by atoms with Crippen LogP contribution in [0.5, 0.6) is 0 Å². The third kappa shape index (κ3) is 2.20. The van der Waals surface area contributed by atoms with Crippen molar-refractivity contribution in [3.63, 3.8) is 0 Å². The molecule has 0 fully saturated rings. The normalized spacial score (nSPS) is 11.0. The molecule has 2 heteroatoms. The van der Waals surface area contributed by atoms with Crippen LogP contribution in [-0.2, 0) is 0 Å². The topological polar surface area (TPSA) is 13.1 Å². The number of furan rings is 1. The second-order valence-electron chi connectivity index (χ2n) is 5.18. The van der Waals surface area contributed by atoms with E-state index in [1.54, 1.807) is 0 Å². The van der Waals surface area contributed by atoms with Gasteiger partial charge in [-0.3, -0.25) is 0 Å². The molecule has 106 valence electrons. The van der Waals surface area contributed by atoms with E-state index in [4.69, 9.17) is 16.0 Å². The van der Waals surface area contributed by atoms with Crippen molar-refractivity contribution in [1.82, 2.24) is 0 Å². The van der Waals surface area contributed by atoms with Crippen molar-refractivity contribution in [2.24, 2.45) is 0 Å². The number of hydrogen-bond acceptors (Lipinski definition) is 1. The van der Waals surface area contributed by atoms with Crippen molar-refractivity contribution < 1.29 is 4.42 Å². The zero-order chi connectivity index (χ0) is 14.9. The van der Waals surface area contributed by atoms with Gasteiger partial charge in [-0.1, -0.05) is 72.3 Å². The molecular formula is C20H13ClO. The van der Waals surface area contributed by atoms with Gasteiger partial charge >= 0.3 is 0 Å². The maximum absolute atomic E-state index is 6.14. The zero-order valence-electron chi connectivity index (χ0n) is 11.8. The highest BCUT2D eigenvalue weighted by molar-refractivity contribution is 6.30. The van der Waals surface area contributed by atoms with Gasteiger partial charge in [-0.25, -0.2) is 0 Å². The Morgan fingerprint density at radius 3 is 2.09 bits per heavy atom. The molecule has 0 aliphatic heterocycles. The lowest BCUT2D eigenvalue weighted by molar-refractivity contribution is 0.632. The summed E-state index contributed by atoms with van der Waals surface area (Å²) in [5.74, 6) is 0.893. The Morgan fingerprint density at radius 2 is 1.32 bits per heavy atom. The van der Waals surface area contributed by atoms with Gasteiger partial charge in [-0.05, 0) is 23.8 Å². The number of fused-ring (bicyclic) bond motifs is 1. The highest BCUT2D eigenvalue weighted by Crippen LogP contribution is 2.40. The quantitative estimate of drug-likeness (QED) is 0.416. The van der Waals surface area contributed by atoms with Crippen molar-refractivity contribution in [1.29, 1.82) is 0 Å². The second-order valence-corrected chi connectivity index (χ2v) is 5.61. The Morgan fingerprint density at radius 1 is 0.636 bits per heavy atom. The van der Waals surface area contributed by atoms with E-state index < -0.39 is 0 Å². The summed E-state index contributed by atoms with van der Waals surface area (Å²) < 4.78 is 6.14. The molecule has 4 rings (SSSR count). The molecule has 1 heterocycles. The van der Waals surface area contributed by atoms with Crippen LogP contribution < -0.4 is 0 Å². The first-order valence-corrected chi connectivity index (χ1v) is 7.53. The first-order chi connectivity index (χ1) is 10.8. The molecule has 0 radical (unpaired) electrons. The molecule has 1 nitrogen and oxygen atoms in total. The smallest absolute Gasteiger partial charge is 0.143 e. The molecule has 0 amide bonds. The maximum atomic E-state index is 6.14. The highest BCUT2D eigenvalue weighted by atomic mass is 35.5. The molecule has 0 spiro atoms. The number of para-hydroxylation sites is 1. The van der Waals surface area contributed by atoms with Gasteiger partial charge in [0.25, 0.3) is 0 Å². The highest BCUT2D eigenvalue weighted by Gasteiger charge is 2.16. The molecule has 3 aromatic carbocycles. The summed E-state index contributed by atoms with van der Waals surface area (Å²) in [6, 6.07) is 26.2. The average molecular weight is 305 g/mol. The van der Waals surface area contributed by atoms with Crippen LogP contribution in [-0.4, -0.2) is 0 Å². The minimum Gasteiger partial charge on any atom is -0.455 e.